The van der Waals surface area contributed by atoms with Crippen molar-refractivity contribution in [1.29, 1.82) is 0 Å². The largest absolute Gasteiger partial charge is 0.465 e. The highest BCUT2D eigenvalue weighted by Crippen LogP contribution is 2.34. The van der Waals surface area contributed by atoms with Crippen LogP contribution in [0.2, 0.25) is 0 Å². The third-order valence-corrected chi connectivity index (χ3v) is 4.02. The van der Waals surface area contributed by atoms with Crippen molar-refractivity contribution in [1.82, 2.24) is 0 Å². The van der Waals surface area contributed by atoms with Gasteiger partial charge >= 0.3 is 5.97 Å². The molecule has 0 fully saturated rings. The lowest BCUT2D eigenvalue weighted by atomic mass is 9.98. The number of hydrogen-bond donors (Lipinski definition) is 0. The molecule has 0 unspecified atom stereocenters. The Bertz CT molecular complexity index is 994. The Balaban J connectivity index is 1.99. The number of carbonyl (C=O) groups is 1. The van der Waals surface area contributed by atoms with E-state index in [0.29, 0.717) is 5.56 Å². The first-order valence-electron chi connectivity index (χ1n) is 7.37. The molecule has 0 aliphatic heterocycles. The van der Waals surface area contributed by atoms with Crippen LogP contribution in [-0.4, -0.2) is 13.1 Å². The maximum absolute atomic E-state index is 12.0. The molecule has 3 nitrogen and oxygen atoms in total. The summed E-state index contributed by atoms with van der Waals surface area (Å²) in [6.45, 7) is 0. The molecule has 0 aliphatic rings. The zero-order valence-corrected chi connectivity index (χ0v) is 12.6. The van der Waals surface area contributed by atoms with Crippen LogP contribution in [0.15, 0.2) is 71.1 Å². The maximum Gasteiger partial charge on any atom is 0.338 e. The Hall–Kier alpha value is -3.07. The smallest absolute Gasteiger partial charge is 0.338 e. The number of fused-ring (bicyclic) bond motifs is 2. The van der Waals surface area contributed by atoms with Crippen LogP contribution >= 0.6 is 0 Å². The van der Waals surface area contributed by atoms with E-state index in [9.17, 15) is 4.79 Å². The number of rotatable bonds is 2. The van der Waals surface area contributed by atoms with Gasteiger partial charge in [-0.05, 0) is 35.0 Å². The number of para-hydroxylation sites is 1. The molecule has 3 heteroatoms. The van der Waals surface area contributed by atoms with Crippen molar-refractivity contribution in [3.05, 3.63) is 72.3 Å². The summed E-state index contributed by atoms with van der Waals surface area (Å²) in [6, 6.07) is 21.4. The average molecular weight is 302 g/mol. The lowest BCUT2D eigenvalue weighted by Gasteiger charge is -2.08. The molecule has 0 radical (unpaired) electrons. The number of methoxy groups -OCH3 is 1. The minimum absolute atomic E-state index is 0.336. The second kappa shape index (κ2) is 5.29. The van der Waals surface area contributed by atoms with Gasteiger partial charge in [-0.1, -0.05) is 42.5 Å². The topological polar surface area (TPSA) is 39.4 Å². The second-order valence-electron chi connectivity index (χ2n) is 5.35. The van der Waals surface area contributed by atoms with E-state index in [0.717, 1.165) is 33.1 Å². The number of carbonyl (C=O) groups excluding carboxylic acids is 1. The molecule has 1 aromatic heterocycles. The summed E-state index contributed by atoms with van der Waals surface area (Å²) in [5, 5.41) is 2.88. The Morgan fingerprint density at radius 3 is 2.43 bits per heavy atom. The summed E-state index contributed by atoms with van der Waals surface area (Å²) >= 11 is 0. The van der Waals surface area contributed by atoms with Crippen molar-refractivity contribution in [3.63, 3.8) is 0 Å². The third-order valence-electron chi connectivity index (χ3n) is 4.02. The van der Waals surface area contributed by atoms with Crippen molar-refractivity contribution in [2.24, 2.45) is 0 Å². The summed E-state index contributed by atoms with van der Waals surface area (Å²) in [7, 11) is 1.39. The van der Waals surface area contributed by atoms with Gasteiger partial charge in [-0.2, -0.15) is 0 Å². The Morgan fingerprint density at radius 1 is 0.913 bits per heavy atom. The minimum Gasteiger partial charge on any atom is -0.465 e. The number of benzene rings is 3. The fraction of sp³-hybridized carbons (Fsp3) is 0.0500. The van der Waals surface area contributed by atoms with E-state index >= 15 is 0 Å². The standard InChI is InChI=1S/C20H14O3/c1-22-20(21)17-11-10-16(14-7-3-4-8-15(14)17)19-12-13-6-2-5-9-18(13)23-19/h2-12H,1H3. The first kappa shape index (κ1) is 13.6. The molecule has 23 heavy (non-hydrogen) atoms. The van der Waals surface area contributed by atoms with Crippen LogP contribution in [0, 0.1) is 0 Å². The van der Waals surface area contributed by atoms with Gasteiger partial charge in [0, 0.05) is 10.9 Å². The Morgan fingerprint density at radius 2 is 1.65 bits per heavy atom. The fourth-order valence-electron chi connectivity index (χ4n) is 2.92. The van der Waals surface area contributed by atoms with Crippen molar-refractivity contribution in [2.75, 3.05) is 7.11 Å². The first-order valence-corrected chi connectivity index (χ1v) is 7.37. The molecule has 0 N–H and O–H groups in total. The van der Waals surface area contributed by atoms with Gasteiger partial charge in [0.2, 0.25) is 0 Å². The molecule has 4 aromatic rings. The molecule has 0 aliphatic carbocycles. The molecule has 1 heterocycles. The van der Waals surface area contributed by atoms with Crippen molar-refractivity contribution >= 4 is 27.7 Å². The molecule has 0 saturated heterocycles. The SMILES string of the molecule is COC(=O)c1ccc(-c2cc3ccccc3o2)c2ccccc12. The van der Waals surface area contributed by atoms with Crippen LogP contribution in [0.1, 0.15) is 10.4 Å². The fourth-order valence-corrected chi connectivity index (χ4v) is 2.92. The molecular weight excluding hydrogens is 288 g/mol. The van der Waals surface area contributed by atoms with E-state index in [1.165, 1.54) is 7.11 Å². The zero-order valence-electron chi connectivity index (χ0n) is 12.6. The number of ether oxygens (including phenoxy) is 1. The minimum atomic E-state index is -0.336. The van der Waals surface area contributed by atoms with Gasteiger partial charge in [0.05, 0.1) is 12.7 Å². The van der Waals surface area contributed by atoms with E-state index in [2.05, 4.69) is 0 Å². The monoisotopic (exact) mass is 302 g/mol. The van der Waals surface area contributed by atoms with Crippen LogP contribution in [0.4, 0.5) is 0 Å². The molecular formula is C20H14O3. The zero-order chi connectivity index (χ0) is 15.8. The van der Waals surface area contributed by atoms with E-state index in [1.54, 1.807) is 6.07 Å². The van der Waals surface area contributed by atoms with Crippen LogP contribution in [0.5, 0.6) is 0 Å². The first-order chi connectivity index (χ1) is 11.3. The van der Waals surface area contributed by atoms with Gasteiger partial charge in [0.25, 0.3) is 0 Å². The molecule has 0 saturated carbocycles. The van der Waals surface area contributed by atoms with Gasteiger partial charge < -0.3 is 9.15 Å². The summed E-state index contributed by atoms with van der Waals surface area (Å²) in [4.78, 5) is 12.0. The molecule has 3 aromatic carbocycles. The normalized spacial score (nSPS) is 11.0. The van der Waals surface area contributed by atoms with E-state index in [4.69, 9.17) is 9.15 Å². The highest BCUT2D eigenvalue weighted by atomic mass is 16.5. The summed E-state index contributed by atoms with van der Waals surface area (Å²) < 4.78 is 10.8. The predicted octanol–water partition coefficient (Wildman–Crippen LogP) is 5.04. The summed E-state index contributed by atoms with van der Waals surface area (Å²) in [5.74, 6) is 0.455. The van der Waals surface area contributed by atoms with Crippen molar-refractivity contribution < 1.29 is 13.9 Å². The number of esters is 1. The molecule has 0 amide bonds. The van der Waals surface area contributed by atoms with Crippen molar-refractivity contribution in [3.8, 4) is 11.3 Å². The van der Waals surface area contributed by atoms with Crippen LogP contribution in [0.25, 0.3) is 33.1 Å². The van der Waals surface area contributed by atoms with Crippen LogP contribution in [-0.2, 0) is 4.74 Å². The van der Waals surface area contributed by atoms with Gasteiger partial charge in [-0.3, -0.25) is 0 Å². The molecule has 0 atom stereocenters. The van der Waals surface area contributed by atoms with E-state index in [-0.39, 0.29) is 5.97 Å². The quantitative estimate of drug-likeness (QED) is 0.487. The summed E-state index contributed by atoms with van der Waals surface area (Å²) in [5.41, 5.74) is 2.37. The lowest BCUT2D eigenvalue weighted by molar-refractivity contribution is 0.0603. The Kier molecular flexibility index (Phi) is 3.12. The number of hydrogen-bond acceptors (Lipinski definition) is 3. The van der Waals surface area contributed by atoms with Crippen LogP contribution < -0.4 is 0 Å². The molecule has 0 bridgehead atoms. The average Bonchev–Trinajstić information content (AvgIpc) is 3.04. The van der Waals surface area contributed by atoms with Crippen molar-refractivity contribution in [2.45, 2.75) is 0 Å². The van der Waals surface area contributed by atoms with Gasteiger partial charge in [-0.25, -0.2) is 4.79 Å². The third kappa shape index (κ3) is 2.18. The number of furan rings is 1. The van der Waals surface area contributed by atoms with Crippen LogP contribution in [0.3, 0.4) is 0 Å². The lowest BCUT2D eigenvalue weighted by Crippen LogP contribution is -2.02. The highest BCUT2D eigenvalue weighted by Gasteiger charge is 2.15. The van der Waals surface area contributed by atoms with E-state index in [1.807, 2.05) is 60.7 Å². The van der Waals surface area contributed by atoms with Gasteiger partial charge in [-0.15, -0.1) is 0 Å². The predicted molar refractivity (Wildman–Crippen MR) is 90.5 cm³/mol. The second-order valence-corrected chi connectivity index (χ2v) is 5.35. The highest BCUT2D eigenvalue weighted by molar-refractivity contribution is 6.09. The Labute approximate surface area is 133 Å². The van der Waals surface area contributed by atoms with Gasteiger partial charge in [0.1, 0.15) is 11.3 Å². The summed E-state index contributed by atoms with van der Waals surface area (Å²) in [6.07, 6.45) is 0. The van der Waals surface area contributed by atoms with E-state index < -0.39 is 0 Å². The molecule has 0 spiro atoms. The molecule has 4 rings (SSSR count). The maximum atomic E-state index is 12.0. The molecule has 112 valence electrons. The van der Waals surface area contributed by atoms with Gasteiger partial charge in [0.15, 0.2) is 0 Å².